The molecule has 1 N–H and O–H groups in total. The summed E-state index contributed by atoms with van der Waals surface area (Å²) in [5, 5.41) is 0. The van der Waals surface area contributed by atoms with Gasteiger partial charge in [-0.1, -0.05) is 0 Å². The Labute approximate surface area is 64.7 Å². The molecule has 4 nitrogen and oxygen atoms in total. The van der Waals surface area contributed by atoms with Crippen LogP contribution in [0.1, 0.15) is 0 Å². The van der Waals surface area contributed by atoms with E-state index in [9.17, 15) is 4.79 Å². The number of ether oxygens (including phenoxy) is 1. The minimum atomic E-state index is -0.279. The smallest absolute Gasteiger partial charge is 0.326 e. The topological polar surface area (TPSA) is 43.3 Å². The largest absolute Gasteiger partial charge is 0.468 e. The van der Waals surface area contributed by atoms with Gasteiger partial charge in [0.2, 0.25) is 0 Å². The van der Waals surface area contributed by atoms with Crippen molar-refractivity contribution in [2.24, 2.45) is 0 Å². The van der Waals surface area contributed by atoms with Crippen molar-refractivity contribution >= 4 is 5.97 Å². The highest BCUT2D eigenvalue weighted by molar-refractivity contribution is 5.72. The summed E-state index contributed by atoms with van der Waals surface area (Å²) in [4.78, 5) is 10.6. The third kappa shape index (κ3) is 2.33. The van der Waals surface area contributed by atoms with Crippen LogP contribution < -0.4 is 5.43 Å². The highest BCUT2D eigenvalue weighted by Crippen LogP contribution is 1.84. The van der Waals surface area contributed by atoms with E-state index in [1.165, 1.54) is 7.11 Å². The molecule has 0 aliphatic carbocycles. The molecule has 0 bridgehead atoms. The van der Waals surface area contributed by atoms with Crippen LogP contribution in [0.2, 0.25) is 0 Å². The van der Waals surface area contributed by atoms with Crippen molar-refractivity contribution in [1.29, 1.82) is 0 Å². The van der Waals surface area contributed by atoms with Gasteiger partial charge in [-0.15, -0.1) is 0 Å². The highest BCUT2D eigenvalue weighted by Gasteiger charge is 1.96. The molecule has 4 heteroatoms. The predicted octanol–water partition coefficient (Wildman–Crippen LogP) is 0.205. The van der Waals surface area contributed by atoms with Gasteiger partial charge < -0.3 is 10.2 Å². The first-order valence-electron chi connectivity index (χ1n) is 3.26. The van der Waals surface area contributed by atoms with E-state index in [1.807, 2.05) is 24.5 Å². The van der Waals surface area contributed by atoms with Crippen molar-refractivity contribution in [3.8, 4) is 0 Å². The van der Waals surface area contributed by atoms with Crippen molar-refractivity contribution in [2.45, 2.75) is 0 Å². The van der Waals surface area contributed by atoms with Crippen LogP contribution in [0.5, 0.6) is 0 Å². The number of methoxy groups -OCH3 is 1. The molecule has 0 atom stereocenters. The Hall–Kier alpha value is -1.45. The van der Waals surface area contributed by atoms with Gasteiger partial charge in [-0.25, -0.2) is 0 Å². The van der Waals surface area contributed by atoms with Crippen LogP contribution in [0.25, 0.3) is 0 Å². The van der Waals surface area contributed by atoms with E-state index < -0.39 is 0 Å². The molecule has 60 valence electrons. The molecule has 11 heavy (non-hydrogen) atoms. The maximum absolute atomic E-state index is 10.6. The standard InChI is InChI=1S/C7H10N2O2/c1-11-7(10)6-8-9-4-2-3-5-9/h2-5,8H,6H2,1H3. The van der Waals surface area contributed by atoms with E-state index in [2.05, 4.69) is 10.2 Å². The van der Waals surface area contributed by atoms with Crippen molar-refractivity contribution < 1.29 is 9.53 Å². The van der Waals surface area contributed by atoms with E-state index in [0.29, 0.717) is 0 Å². The summed E-state index contributed by atoms with van der Waals surface area (Å²) in [7, 11) is 1.36. The number of rotatable bonds is 3. The summed E-state index contributed by atoms with van der Waals surface area (Å²) < 4.78 is 6.13. The number of nitrogens with one attached hydrogen (secondary N) is 1. The maximum Gasteiger partial charge on any atom is 0.326 e. The van der Waals surface area contributed by atoms with E-state index in [0.717, 1.165) is 0 Å². The molecule has 0 fully saturated rings. The lowest BCUT2D eigenvalue weighted by atomic mass is 10.7. The fourth-order valence-electron chi connectivity index (χ4n) is 0.668. The third-order valence-electron chi connectivity index (χ3n) is 1.24. The first kappa shape index (κ1) is 7.65. The molecular formula is C7H10N2O2. The molecule has 0 unspecified atom stereocenters. The average molecular weight is 154 g/mol. The molecule has 0 aromatic carbocycles. The molecule has 0 amide bonds. The number of carbonyl (C=O) groups is 1. The van der Waals surface area contributed by atoms with Gasteiger partial charge in [-0.2, -0.15) is 0 Å². The van der Waals surface area contributed by atoms with Crippen LogP contribution in [0.15, 0.2) is 24.5 Å². The monoisotopic (exact) mass is 154 g/mol. The van der Waals surface area contributed by atoms with Gasteiger partial charge in [-0.05, 0) is 12.1 Å². The zero-order chi connectivity index (χ0) is 8.10. The van der Waals surface area contributed by atoms with Gasteiger partial charge in [-0.3, -0.25) is 9.47 Å². The Morgan fingerprint density at radius 3 is 2.73 bits per heavy atom. The zero-order valence-electron chi connectivity index (χ0n) is 6.28. The van der Waals surface area contributed by atoms with Gasteiger partial charge in [0.15, 0.2) is 0 Å². The number of aromatic nitrogens is 1. The van der Waals surface area contributed by atoms with Gasteiger partial charge >= 0.3 is 5.97 Å². The fourth-order valence-corrected chi connectivity index (χ4v) is 0.668. The average Bonchev–Trinajstić information content (AvgIpc) is 2.52. The molecule has 0 radical (unpaired) electrons. The second-order valence-electron chi connectivity index (χ2n) is 2.00. The number of hydrogen-bond acceptors (Lipinski definition) is 3. The van der Waals surface area contributed by atoms with Crippen LogP contribution in [0.4, 0.5) is 0 Å². The lowest BCUT2D eigenvalue weighted by Crippen LogP contribution is -2.21. The Morgan fingerprint density at radius 2 is 2.18 bits per heavy atom. The summed E-state index contributed by atoms with van der Waals surface area (Å²) in [5.74, 6) is -0.279. The maximum atomic E-state index is 10.6. The second-order valence-corrected chi connectivity index (χ2v) is 2.00. The molecule has 1 aromatic heterocycles. The van der Waals surface area contributed by atoms with E-state index >= 15 is 0 Å². The minimum absolute atomic E-state index is 0.186. The molecule has 0 saturated heterocycles. The van der Waals surface area contributed by atoms with E-state index in [-0.39, 0.29) is 12.5 Å². The minimum Gasteiger partial charge on any atom is -0.468 e. The Balaban J connectivity index is 2.29. The first-order chi connectivity index (χ1) is 5.33. The highest BCUT2D eigenvalue weighted by atomic mass is 16.5. The van der Waals surface area contributed by atoms with Crippen LogP contribution in [0, 0.1) is 0 Å². The van der Waals surface area contributed by atoms with Crippen molar-refractivity contribution in [3.05, 3.63) is 24.5 Å². The van der Waals surface area contributed by atoms with Gasteiger partial charge in [0, 0.05) is 12.4 Å². The molecule has 0 aliphatic heterocycles. The summed E-state index contributed by atoms with van der Waals surface area (Å²) in [6.45, 7) is 0.186. The van der Waals surface area contributed by atoms with Gasteiger partial charge in [0.25, 0.3) is 0 Å². The normalized spacial score (nSPS) is 9.18. The lowest BCUT2D eigenvalue weighted by molar-refractivity contribution is -0.138. The lowest BCUT2D eigenvalue weighted by Gasteiger charge is -2.04. The van der Waals surface area contributed by atoms with E-state index in [1.54, 1.807) is 4.68 Å². The molecule has 1 rings (SSSR count). The molecule has 0 spiro atoms. The third-order valence-corrected chi connectivity index (χ3v) is 1.24. The number of nitrogens with zero attached hydrogens (tertiary/aromatic N) is 1. The quantitative estimate of drug-likeness (QED) is 0.633. The molecule has 1 aromatic rings. The van der Waals surface area contributed by atoms with Crippen LogP contribution in [0.3, 0.4) is 0 Å². The van der Waals surface area contributed by atoms with Crippen LogP contribution >= 0.6 is 0 Å². The Bertz CT molecular complexity index is 218. The molecule has 0 aliphatic rings. The summed E-state index contributed by atoms with van der Waals surface area (Å²) in [5.41, 5.74) is 2.82. The van der Waals surface area contributed by atoms with E-state index in [4.69, 9.17) is 0 Å². The first-order valence-corrected chi connectivity index (χ1v) is 3.26. The number of carbonyl (C=O) groups excluding carboxylic acids is 1. The van der Waals surface area contributed by atoms with Gasteiger partial charge in [0.05, 0.1) is 7.11 Å². The van der Waals surface area contributed by atoms with Crippen molar-refractivity contribution in [3.63, 3.8) is 0 Å². The van der Waals surface area contributed by atoms with Crippen LogP contribution in [-0.2, 0) is 9.53 Å². The zero-order valence-corrected chi connectivity index (χ0v) is 6.28. The number of hydrogen-bond donors (Lipinski definition) is 1. The summed E-state index contributed by atoms with van der Waals surface area (Å²) >= 11 is 0. The van der Waals surface area contributed by atoms with Crippen molar-refractivity contribution in [2.75, 3.05) is 19.1 Å². The second kappa shape index (κ2) is 3.65. The molecule has 1 heterocycles. The summed E-state index contributed by atoms with van der Waals surface area (Å²) in [6.07, 6.45) is 3.62. The Kier molecular flexibility index (Phi) is 2.54. The van der Waals surface area contributed by atoms with Crippen LogP contribution in [-0.4, -0.2) is 24.3 Å². The SMILES string of the molecule is COC(=O)CNn1cccc1. The van der Waals surface area contributed by atoms with Crippen molar-refractivity contribution in [1.82, 2.24) is 4.68 Å². The fraction of sp³-hybridized carbons (Fsp3) is 0.286. The summed E-state index contributed by atoms with van der Waals surface area (Å²) in [6, 6.07) is 3.73. The van der Waals surface area contributed by atoms with Gasteiger partial charge in [0.1, 0.15) is 6.54 Å². The predicted molar refractivity (Wildman–Crippen MR) is 40.7 cm³/mol. The Morgan fingerprint density at radius 1 is 1.55 bits per heavy atom. The molecular weight excluding hydrogens is 144 g/mol. The number of esters is 1. The molecule has 0 saturated carbocycles.